The fourth-order valence-electron chi connectivity index (χ4n) is 1.72. The zero-order valence-corrected chi connectivity index (χ0v) is 12.4. The van der Waals surface area contributed by atoms with E-state index in [1.807, 2.05) is 0 Å². The second-order valence-electron chi connectivity index (χ2n) is 4.01. The Kier molecular flexibility index (Phi) is 3.54. The predicted octanol–water partition coefficient (Wildman–Crippen LogP) is 3.47. The van der Waals surface area contributed by atoms with Crippen LogP contribution in [0, 0.1) is 5.82 Å². The summed E-state index contributed by atoms with van der Waals surface area (Å²) in [5.41, 5.74) is 0.408. The lowest BCUT2D eigenvalue weighted by molar-refractivity contribution is 0.281. The molecule has 102 valence electrons. The SMILES string of the molecule is O=c1[nH]c(COc2cc(Br)ccc2F)nc2ccsc12. The number of hydrogen-bond donors (Lipinski definition) is 1. The van der Waals surface area contributed by atoms with Crippen LogP contribution in [-0.2, 0) is 6.61 Å². The zero-order valence-electron chi connectivity index (χ0n) is 10.0. The number of nitrogens with one attached hydrogen (secondary N) is 1. The maximum Gasteiger partial charge on any atom is 0.268 e. The molecule has 0 bridgehead atoms. The molecule has 0 saturated heterocycles. The van der Waals surface area contributed by atoms with E-state index >= 15 is 0 Å². The van der Waals surface area contributed by atoms with Gasteiger partial charge in [0.05, 0.1) is 5.52 Å². The number of aromatic nitrogens is 2. The van der Waals surface area contributed by atoms with Gasteiger partial charge in [-0.2, -0.15) is 0 Å². The predicted molar refractivity (Wildman–Crippen MR) is 78.7 cm³/mol. The molecule has 0 saturated carbocycles. The fraction of sp³-hybridized carbons (Fsp3) is 0.0769. The highest BCUT2D eigenvalue weighted by molar-refractivity contribution is 9.10. The van der Waals surface area contributed by atoms with Gasteiger partial charge >= 0.3 is 0 Å². The van der Waals surface area contributed by atoms with Crippen molar-refractivity contribution in [3.63, 3.8) is 0 Å². The molecule has 0 atom stereocenters. The molecule has 4 nitrogen and oxygen atoms in total. The van der Waals surface area contributed by atoms with Crippen molar-refractivity contribution in [1.29, 1.82) is 0 Å². The molecule has 0 amide bonds. The molecule has 2 aromatic heterocycles. The molecule has 0 radical (unpaired) electrons. The average Bonchev–Trinajstić information content (AvgIpc) is 2.89. The number of H-pyrrole nitrogens is 1. The maximum atomic E-state index is 13.5. The van der Waals surface area contributed by atoms with Crippen molar-refractivity contribution in [2.75, 3.05) is 0 Å². The normalized spacial score (nSPS) is 10.9. The number of ether oxygens (including phenoxy) is 1. The van der Waals surface area contributed by atoms with Crippen LogP contribution in [-0.4, -0.2) is 9.97 Å². The number of rotatable bonds is 3. The van der Waals surface area contributed by atoms with Crippen LogP contribution >= 0.6 is 27.3 Å². The highest BCUT2D eigenvalue weighted by Crippen LogP contribution is 2.23. The molecule has 3 aromatic rings. The van der Waals surface area contributed by atoms with Gasteiger partial charge in [-0.1, -0.05) is 15.9 Å². The Morgan fingerprint density at radius 3 is 3.10 bits per heavy atom. The van der Waals surface area contributed by atoms with Crippen LogP contribution in [0.25, 0.3) is 10.2 Å². The number of nitrogens with zero attached hydrogens (tertiary/aromatic N) is 1. The molecule has 0 aliphatic rings. The molecule has 0 aliphatic carbocycles. The van der Waals surface area contributed by atoms with Crippen LogP contribution in [0.4, 0.5) is 4.39 Å². The van der Waals surface area contributed by atoms with Crippen molar-refractivity contribution in [3.05, 3.63) is 56.1 Å². The molecular formula is C13H8BrFN2O2S. The van der Waals surface area contributed by atoms with E-state index < -0.39 is 5.82 Å². The van der Waals surface area contributed by atoms with E-state index in [1.54, 1.807) is 17.5 Å². The van der Waals surface area contributed by atoms with Crippen molar-refractivity contribution in [2.45, 2.75) is 6.61 Å². The van der Waals surface area contributed by atoms with E-state index in [9.17, 15) is 9.18 Å². The van der Waals surface area contributed by atoms with Gasteiger partial charge in [0, 0.05) is 4.47 Å². The molecule has 0 fully saturated rings. The average molecular weight is 355 g/mol. The summed E-state index contributed by atoms with van der Waals surface area (Å²) in [6, 6.07) is 6.17. The summed E-state index contributed by atoms with van der Waals surface area (Å²) < 4.78 is 20.2. The number of halogens is 2. The van der Waals surface area contributed by atoms with Gasteiger partial charge in [0.15, 0.2) is 11.6 Å². The Morgan fingerprint density at radius 2 is 2.25 bits per heavy atom. The first-order valence-corrected chi connectivity index (χ1v) is 7.35. The van der Waals surface area contributed by atoms with E-state index in [2.05, 4.69) is 25.9 Å². The molecule has 7 heteroatoms. The smallest absolute Gasteiger partial charge is 0.268 e. The molecule has 0 aliphatic heterocycles. The van der Waals surface area contributed by atoms with Gasteiger partial charge in [0.1, 0.15) is 17.1 Å². The summed E-state index contributed by atoms with van der Waals surface area (Å²) >= 11 is 4.57. The minimum absolute atomic E-state index is 0.00556. The van der Waals surface area contributed by atoms with E-state index in [4.69, 9.17) is 4.74 Å². The molecule has 0 spiro atoms. The zero-order chi connectivity index (χ0) is 14.1. The third-order valence-corrected chi connectivity index (χ3v) is 4.02. The highest BCUT2D eigenvalue weighted by atomic mass is 79.9. The number of hydrogen-bond acceptors (Lipinski definition) is 4. The van der Waals surface area contributed by atoms with Crippen LogP contribution in [0.3, 0.4) is 0 Å². The Bertz CT molecular complexity index is 831. The lowest BCUT2D eigenvalue weighted by Gasteiger charge is -2.07. The monoisotopic (exact) mass is 354 g/mol. The standard InChI is InChI=1S/C13H8BrFN2O2S/c14-7-1-2-8(15)10(5-7)19-6-11-16-9-3-4-20-12(9)13(18)17-11/h1-5H,6H2,(H,16,17,18). The Balaban J connectivity index is 1.86. The number of benzene rings is 1. The largest absolute Gasteiger partial charge is 0.483 e. The third kappa shape index (κ3) is 2.59. The molecular weight excluding hydrogens is 347 g/mol. The quantitative estimate of drug-likeness (QED) is 0.783. The lowest BCUT2D eigenvalue weighted by atomic mass is 10.3. The van der Waals surface area contributed by atoms with Gasteiger partial charge in [-0.25, -0.2) is 9.37 Å². The molecule has 1 N–H and O–H groups in total. The summed E-state index contributed by atoms with van der Waals surface area (Å²) in [7, 11) is 0. The Hall–Kier alpha value is -1.73. The summed E-state index contributed by atoms with van der Waals surface area (Å²) in [5.74, 6) is -0.000117. The molecule has 20 heavy (non-hydrogen) atoms. The second kappa shape index (κ2) is 5.34. The Labute approximate surface area is 125 Å². The molecule has 0 unspecified atom stereocenters. The van der Waals surface area contributed by atoms with Gasteiger partial charge < -0.3 is 9.72 Å². The van der Waals surface area contributed by atoms with Crippen molar-refractivity contribution in [3.8, 4) is 5.75 Å². The number of aromatic amines is 1. The van der Waals surface area contributed by atoms with Gasteiger partial charge in [-0.05, 0) is 29.6 Å². The topological polar surface area (TPSA) is 55.0 Å². The summed E-state index contributed by atoms with van der Waals surface area (Å²) in [4.78, 5) is 18.7. The van der Waals surface area contributed by atoms with Crippen LogP contribution in [0.5, 0.6) is 5.75 Å². The highest BCUT2D eigenvalue weighted by Gasteiger charge is 2.08. The summed E-state index contributed by atoms with van der Waals surface area (Å²) in [6.45, 7) is -0.00556. The van der Waals surface area contributed by atoms with Crippen LogP contribution in [0.2, 0.25) is 0 Å². The summed E-state index contributed by atoms with van der Waals surface area (Å²) in [6.07, 6.45) is 0. The lowest BCUT2D eigenvalue weighted by Crippen LogP contribution is -2.12. The molecule has 1 aromatic carbocycles. The van der Waals surface area contributed by atoms with E-state index in [0.29, 0.717) is 20.5 Å². The van der Waals surface area contributed by atoms with E-state index in [0.717, 1.165) is 0 Å². The summed E-state index contributed by atoms with van der Waals surface area (Å²) in [5, 5.41) is 1.80. The minimum Gasteiger partial charge on any atom is -0.483 e. The van der Waals surface area contributed by atoms with Gasteiger partial charge in [-0.3, -0.25) is 4.79 Å². The van der Waals surface area contributed by atoms with Crippen molar-refractivity contribution in [1.82, 2.24) is 9.97 Å². The van der Waals surface area contributed by atoms with Crippen molar-refractivity contribution in [2.24, 2.45) is 0 Å². The first-order valence-electron chi connectivity index (χ1n) is 5.68. The van der Waals surface area contributed by atoms with Crippen LogP contribution in [0.1, 0.15) is 5.82 Å². The van der Waals surface area contributed by atoms with Crippen molar-refractivity contribution < 1.29 is 9.13 Å². The van der Waals surface area contributed by atoms with E-state index in [-0.39, 0.29) is 17.9 Å². The second-order valence-corrected chi connectivity index (χ2v) is 5.84. The maximum absolute atomic E-state index is 13.5. The molecule has 2 heterocycles. The van der Waals surface area contributed by atoms with Crippen LogP contribution in [0.15, 0.2) is 38.9 Å². The first-order chi connectivity index (χ1) is 9.63. The fourth-order valence-corrected chi connectivity index (χ4v) is 2.79. The first kappa shape index (κ1) is 13.3. The van der Waals surface area contributed by atoms with E-state index in [1.165, 1.54) is 23.5 Å². The van der Waals surface area contributed by atoms with Crippen LogP contribution < -0.4 is 10.3 Å². The number of thiophene rings is 1. The Morgan fingerprint density at radius 1 is 1.40 bits per heavy atom. The number of fused-ring (bicyclic) bond motifs is 1. The van der Waals surface area contributed by atoms with Gasteiger partial charge in [-0.15, -0.1) is 11.3 Å². The molecule has 3 rings (SSSR count). The third-order valence-electron chi connectivity index (χ3n) is 2.62. The minimum atomic E-state index is -0.466. The van der Waals surface area contributed by atoms with Crippen molar-refractivity contribution >= 4 is 37.5 Å². The van der Waals surface area contributed by atoms with Gasteiger partial charge in [0.2, 0.25) is 0 Å². The van der Waals surface area contributed by atoms with Gasteiger partial charge in [0.25, 0.3) is 5.56 Å².